The van der Waals surface area contributed by atoms with Crippen molar-refractivity contribution in [2.45, 2.75) is 38.4 Å². The molecule has 0 spiro atoms. The molecular weight excluding hydrogens is 228 g/mol. The van der Waals surface area contributed by atoms with Gasteiger partial charge < -0.3 is 5.73 Å². The van der Waals surface area contributed by atoms with Crippen molar-refractivity contribution < 1.29 is 0 Å². The van der Waals surface area contributed by atoms with Gasteiger partial charge in [0.15, 0.2) is 0 Å². The van der Waals surface area contributed by atoms with Crippen molar-refractivity contribution in [3.05, 3.63) is 21.3 Å². The molecule has 1 saturated heterocycles. The van der Waals surface area contributed by atoms with E-state index >= 15 is 0 Å². The summed E-state index contributed by atoms with van der Waals surface area (Å²) < 4.78 is 0. The van der Waals surface area contributed by atoms with Gasteiger partial charge in [-0.2, -0.15) is 0 Å². The van der Waals surface area contributed by atoms with Crippen molar-refractivity contribution in [2.75, 3.05) is 6.54 Å². The zero-order valence-corrected chi connectivity index (χ0v) is 10.5. The predicted molar refractivity (Wildman–Crippen MR) is 66.4 cm³/mol. The molecular formula is C11H17ClN2S. The molecule has 1 aliphatic heterocycles. The number of nitrogens with two attached hydrogens (primary N) is 1. The van der Waals surface area contributed by atoms with E-state index in [9.17, 15) is 0 Å². The second kappa shape index (κ2) is 4.83. The van der Waals surface area contributed by atoms with Crippen LogP contribution < -0.4 is 5.73 Å². The molecule has 2 nitrogen and oxygen atoms in total. The summed E-state index contributed by atoms with van der Waals surface area (Å²) in [5.41, 5.74) is 5.94. The van der Waals surface area contributed by atoms with Crippen molar-refractivity contribution in [1.82, 2.24) is 4.90 Å². The molecule has 15 heavy (non-hydrogen) atoms. The second-order valence-electron chi connectivity index (χ2n) is 4.34. The summed E-state index contributed by atoms with van der Waals surface area (Å²) in [5, 5.41) is 2.86. The number of likely N-dealkylation sites (tertiary alicyclic amines) is 1. The van der Waals surface area contributed by atoms with E-state index in [1.165, 1.54) is 4.88 Å². The Morgan fingerprint density at radius 1 is 1.67 bits per heavy atom. The number of hydrogen-bond donors (Lipinski definition) is 1. The molecule has 4 heteroatoms. The highest BCUT2D eigenvalue weighted by molar-refractivity contribution is 7.10. The molecule has 0 bridgehead atoms. The van der Waals surface area contributed by atoms with Gasteiger partial charge in [0.2, 0.25) is 0 Å². The fourth-order valence-corrected chi connectivity index (χ4v) is 3.23. The highest BCUT2D eigenvalue weighted by atomic mass is 35.5. The van der Waals surface area contributed by atoms with Crippen LogP contribution in [0.5, 0.6) is 0 Å². The van der Waals surface area contributed by atoms with Crippen LogP contribution in [0.4, 0.5) is 0 Å². The summed E-state index contributed by atoms with van der Waals surface area (Å²) >= 11 is 7.65. The summed E-state index contributed by atoms with van der Waals surface area (Å²) in [4.78, 5) is 3.84. The fourth-order valence-electron chi connectivity index (χ4n) is 2.13. The molecule has 1 aliphatic rings. The Morgan fingerprint density at radius 3 is 3.07 bits per heavy atom. The standard InChI is InChI=1S/C11H17ClN2S/c1-8-4-10(13)2-3-14(8)6-11-5-9(12)7-15-11/h5,7-8,10H,2-4,6,13H2,1H3. The zero-order chi connectivity index (χ0) is 10.8. The van der Waals surface area contributed by atoms with Gasteiger partial charge in [0.05, 0.1) is 5.02 Å². The summed E-state index contributed by atoms with van der Waals surface area (Å²) in [5.74, 6) is 0. The molecule has 0 saturated carbocycles. The van der Waals surface area contributed by atoms with Crippen molar-refractivity contribution in [3.63, 3.8) is 0 Å². The van der Waals surface area contributed by atoms with Crippen LogP contribution in [0.15, 0.2) is 11.4 Å². The molecule has 0 radical (unpaired) electrons. The molecule has 1 aromatic heterocycles. The van der Waals surface area contributed by atoms with Crippen molar-refractivity contribution in [3.8, 4) is 0 Å². The lowest BCUT2D eigenvalue weighted by Crippen LogP contribution is -2.44. The van der Waals surface area contributed by atoms with Gasteiger partial charge in [0, 0.05) is 35.4 Å². The number of nitrogens with zero attached hydrogens (tertiary/aromatic N) is 1. The van der Waals surface area contributed by atoms with E-state index < -0.39 is 0 Å². The van der Waals surface area contributed by atoms with Crippen LogP contribution in [0.2, 0.25) is 5.02 Å². The smallest absolute Gasteiger partial charge is 0.0516 e. The van der Waals surface area contributed by atoms with Crippen LogP contribution in [0.25, 0.3) is 0 Å². The van der Waals surface area contributed by atoms with Crippen LogP contribution in [0.1, 0.15) is 24.6 Å². The van der Waals surface area contributed by atoms with E-state index in [0.29, 0.717) is 12.1 Å². The van der Waals surface area contributed by atoms with Crippen LogP contribution in [0, 0.1) is 0 Å². The Labute approximate surface area is 100 Å². The van der Waals surface area contributed by atoms with E-state index in [4.69, 9.17) is 17.3 Å². The minimum Gasteiger partial charge on any atom is -0.328 e. The molecule has 2 heterocycles. The van der Waals surface area contributed by atoms with Crippen molar-refractivity contribution in [2.24, 2.45) is 5.73 Å². The topological polar surface area (TPSA) is 29.3 Å². The van der Waals surface area contributed by atoms with Gasteiger partial charge >= 0.3 is 0 Å². The van der Waals surface area contributed by atoms with Crippen LogP contribution in [0.3, 0.4) is 0 Å². The first kappa shape index (κ1) is 11.4. The molecule has 2 atom stereocenters. The maximum Gasteiger partial charge on any atom is 0.0516 e. The second-order valence-corrected chi connectivity index (χ2v) is 5.77. The molecule has 2 unspecified atom stereocenters. The Morgan fingerprint density at radius 2 is 2.47 bits per heavy atom. The number of piperidine rings is 1. The summed E-state index contributed by atoms with van der Waals surface area (Å²) in [6.07, 6.45) is 2.22. The Kier molecular flexibility index (Phi) is 3.67. The molecule has 1 fully saturated rings. The SMILES string of the molecule is CC1CC(N)CCN1Cc1cc(Cl)cs1. The van der Waals surface area contributed by atoms with Gasteiger partial charge in [-0.15, -0.1) is 11.3 Å². The Bertz CT molecular complexity index is 326. The molecule has 0 aromatic carbocycles. The van der Waals surface area contributed by atoms with E-state index in [0.717, 1.165) is 31.0 Å². The lowest BCUT2D eigenvalue weighted by Gasteiger charge is -2.36. The van der Waals surface area contributed by atoms with Gasteiger partial charge in [-0.1, -0.05) is 11.6 Å². The van der Waals surface area contributed by atoms with E-state index in [1.54, 1.807) is 11.3 Å². The first-order valence-corrected chi connectivity index (χ1v) is 6.63. The number of hydrogen-bond acceptors (Lipinski definition) is 3. The van der Waals surface area contributed by atoms with Crippen LogP contribution >= 0.6 is 22.9 Å². The van der Waals surface area contributed by atoms with Gasteiger partial charge in [-0.3, -0.25) is 4.90 Å². The van der Waals surface area contributed by atoms with Crippen molar-refractivity contribution in [1.29, 1.82) is 0 Å². The van der Waals surface area contributed by atoms with Gasteiger partial charge in [-0.05, 0) is 25.8 Å². The maximum absolute atomic E-state index is 5.94. The Balaban J connectivity index is 1.94. The molecule has 0 aliphatic carbocycles. The largest absolute Gasteiger partial charge is 0.328 e. The monoisotopic (exact) mass is 244 g/mol. The van der Waals surface area contributed by atoms with Crippen LogP contribution in [-0.2, 0) is 6.54 Å². The van der Waals surface area contributed by atoms with E-state index in [2.05, 4.69) is 17.9 Å². The average molecular weight is 245 g/mol. The van der Waals surface area contributed by atoms with E-state index in [-0.39, 0.29) is 0 Å². The van der Waals surface area contributed by atoms with Crippen molar-refractivity contribution >= 4 is 22.9 Å². The minimum absolute atomic E-state index is 0.392. The average Bonchev–Trinajstić information content (AvgIpc) is 2.56. The maximum atomic E-state index is 5.94. The normalized spacial score (nSPS) is 28.2. The van der Waals surface area contributed by atoms with Gasteiger partial charge in [0.1, 0.15) is 0 Å². The third-order valence-corrected chi connectivity index (χ3v) is 4.30. The van der Waals surface area contributed by atoms with Gasteiger partial charge in [-0.25, -0.2) is 0 Å². The quantitative estimate of drug-likeness (QED) is 0.867. The number of rotatable bonds is 2. The molecule has 1 aromatic rings. The third kappa shape index (κ3) is 2.94. The summed E-state index contributed by atoms with van der Waals surface area (Å²) in [7, 11) is 0. The van der Waals surface area contributed by atoms with Crippen LogP contribution in [-0.4, -0.2) is 23.5 Å². The fraction of sp³-hybridized carbons (Fsp3) is 0.636. The molecule has 2 rings (SSSR count). The molecule has 0 amide bonds. The van der Waals surface area contributed by atoms with E-state index in [1.807, 2.05) is 5.38 Å². The lowest BCUT2D eigenvalue weighted by atomic mass is 9.99. The third-order valence-electron chi connectivity index (χ3n) is 3.03. The predicted octanol–water partition coefficient (Wildman–Crippen LogP) is 2.71. The number of thiophene rings is 1. The van der Waals surface area contributed by atoms with Gasteiger partial charge in [0.25, 0.3) is 0 Å². The highest BCUT2D eigenvalue weighted by Crippen LogP contribution is 2.24. The summed E-state index contributed by atoms with van der Waals surface area (Å²) in [6, 6.07) is 3.05. The first-order chi connectivity index (χ1) is 7.15. The molecule has 2 N–H and O–H groups in total. The first-order valence-electron chi connectivity index (χ1n) is 5.37. The minimum atomic E-state index is 0.392. The number of halogens is 1. The Hall–Kier alpha value is -0.0900. The summed E-state index contributed by atoms with van der Waals surface area (Å²) in [6.45, 7) is 4.39. The zero-order valence-electron chi connectivity index (χ0n) is 8.95. The highest BCUT2D eigenvalue weighted by Gasteiger charge is 2.23. The molecule has 84 valence electrons. The lowest BCUT2D eigenvalue weighted by molar-refractivity contribution is 0.141.